The fourth-order valence-electron chi connectivity index (χ4n) is 4.06. The molecule has 31 heavy (non-hydrogen) atoms. The van der Waals surface area contributed by atoms with Crippen LogP contribution >= 0.6 is 0 Å². The van der Waals surface area contributed by atoms with E-state index >= 15 is 0 Å². The fourth-order valence-corrected chi connectivity index (χ4v) is 4.06. The molecular weight excluding hydrogens is 388 g/mol. The van der Waals surface area contributed by atoms with Gasteiger partial charge in [0.15, 0.2) is 5.96 Å². The minimum atomic E-state index is 0.359. The third-order valence-corrected chi connectivity index (χ3v) is 5.58. The summed E-state index contributed by atoms with van der Waals surface area (Å²) >= 11 is 0. The van der Waals surface area contributed by atoms with Crippen LogP contribution in [-0.4, -0.2) is 55.3 Å². The predicted molar refractivity (Wildman–Crippen MR) is 127 cm³/mol. The predicted octanol–water partition coefficient (Wildman–Crippen LogP) is 3.34. The minimum Gasteiger partial charge on any atom is -0.495 e. The van der Waals surface area contributed by atoms with Crippen molar-refractivity contribution < 1.29 is 4.74 Å². The van der Waals surface area contributed by atoms with Gasteiger partial charge in [-0.25, -0.2) is 4.98 Å². The van der Waals surface area contributed by atoms with E-state index in [9.17, 15) is 0 Å². The summed E-state index contributed by atoms with van der Waals surface area (Å²) in [4.78, 5) is 15.2. The van der Waals surface area contributed by atoms with Gasteiger partial charge in [-0.3, -0.25) is 4.99 Å². The second kappa shape index (κ2) is 10.2. The molecule has 1 aromatic heterocycles. The number of para-hydroxylation sites is 4. The van der Waals surface area contributed by atoms with Crippen molar-refractivity contribution >= 4 is 22.7 Å². The lowest BCUT2D eigenvalue weighted by molar-refractivity contribution is 0.415. The molecule has 1 aliphatic rings. The number of guanidine groups is 1. The van der Waals surface area contributed by atoms with Gasteiger partial charge in [-0.05, 0) is 44.0 Å². The number of nitrogens with one attached hydrogen (secondary N) is 3. The first-order chi connectivity index (χ1) is 15.3. The summed E-state index contributed by atoms with van der Waals surface area (Å²) in [7, 11) is 1.73. The maximum atomic E-state index is 5.53. The number of aliphatic imine (C=N–C) groups is 1. The van der Waals surface area contributed by atoms with Crippen LogP contribution in [0.25, 0.3) is 11.0 Å². The summed E-state index contributed by atoms with van der Waals surface area (Å²) < 4.78 is 5.53. The van der Waals surface area contributed by atoms with Crippen LogP contribution in [0.1, 0.15) is 25.6 Å². The Bertz CT molecular complexity index is 981. The summed E-state index contributed by atoms with van der Waals surface area (Å²) in [6.07, 6.45) is 2.92. The molecule has 0 spiro atoms. The smallest absolute Gasteiger partial charge is 0.191 e. The number of fused-ring (bicyclic) bond motifs is 1. The first-order valence-electron chi connectivity index (χ1n) is 11.1. The molecule has 2 aromatic carbocycles. The van der Waals surface area contributed by atoms with E-state index in [-0.39, 0.29) is 0 Å². The quantitative estimate of drug-likeness (QED) is 0.296. The lowest BCUT2D eigenvalue weighted by Crippen LogP contribution is -2.44. The van der Waals surface area contributed by atoms with E-state index in [1.54, 1.807) is 7.11 Å². The first-order valence-corrected chi connectivity index (χ1v) is 11.1. The molecule has 1 unspecified atom stereocenters. The van der Waals surface area contributed by atoms with Gasteiger partial charge in [0.1, 0.15) is 11.6 Å². The molecule has 7 nitrogen and oxygen atoms in total. The molecule has 1 fully saturated rings. The summed E-state index contributed by atoms with van der Waals surface area (Å²) in [6, 6.07) is 16.7. The zero-order valence-electron chi connectivity index (χ0n) is 18.4. The number of rotatable bonds is 8. The van der Waals surface area contributed by atoms with E-state index in [1.165, 1.54) is 0 Å². The molecule has 0 radical (unpaired) electrons. The average Bonchev–Trinajstić information content (AvgIpc) is 3.43. The molecule has 4 rings (SSSR count). The Balaban J connectivity index is 1.29. The van der Waals surface area contributed by atoms with E-state index < -0.39 is 0 Å². The minimum absolute atomic E-state index is 0.359. The highest BCUT2D eigenvalue weighted by molar-refractivity contribution is 5.80. The molecule has 0 aliphatic carbocycles. The second-order valence-corrected chi connectivity index (χ2v) is 7.81. The summed E-state index contributed by atoms with van der Waals surface area (Å²) in [6.45, 7) is 5.64. The Kier molecular flexibility index (Phi) is 6.92. The lowest BCUT2D eigenvalue weighted by atomic mass is 10.2. The van der Waals surface area contributed by atoms with Crippen LogP contribution in [0.15, 0.2) is 53.5 Å². The molecule has 2 heterocycles. The number of ether oxygens (including phenoxy) is 1. The van der Waals surface area contributed by atoms with E-state index in [1.807, 2.05) is 30.3 Å². The van der Waals surface area contributed by atoms with E-state index in [2.05, 4.69) is 50.6 Å². The Morgan fingerprint density at radius 2 is 2.06 bits per heavy atom. The van der Waals surface area contributed by atoms with Gasteiger partial charge in [-0.15, -0.1) is 0 Å². The Morgan fingerprint density at radius 1 is 1.23 bits per heavy atom. The van der Waals surface area contributed by atoms with E-state index in [0.717, 1.165) is 79.7 Å². The number of aromatic nitrogens is 2. The van der Waals surface area contributed by atoms with Crippen molar-refractivity contribution in [3.8, 4) is 5.75 Å². The van der Waals surface area contributed by atoms with Crippen LogP contribution in [0.2, 0.25) is 0 Å². The van der Waals surface area contributed by atoms with Gasteiger partial charge >= 0.3 is 0 Å². The van der Waals surface area contributed by atoms with Gasteiger partial charge in [-0.1, -0.05) is 24.3 Å². The molecule has 3 N–H and O–H groups in total. The largest absolute Gasteiger partial charge is 0.495 e. The number of aromatic amines is 1. The Morgan fingerprint density at radius 3 is 2.90 bits per heavy atom. The Hall–Kier alpha value is -3.22. The third-order valence-electron chi connectivity index (χ3n) is 5.58. The zero-order valence-corrected chi connectivity index (χ0v) is 18.4. The number of aryl methyl sites for hydroxylation is 1. The summed E-state index contributed by atoms with van der Waals surface area (Å²) in [5.41, 5.74) is 3.27. The molecule has 1 aliphatic heterocycles. The highest BCUT2D eigenvalue weighted by Gasteiger charge is 2.25. The van der Waals surface area contributed by atoms with Crippen molar-refractivity contribution in [1.82, 2.24) is 20.6 Å². The maximum Gasteiger partial charge on any atom is 0.191 e. The third kappa shape index (κ3) is 5.29. The van der Waals surface area contributed by atoms with Crippen LogP contribution in [0, 0.1) is 0 Å². The molecule has 0 saturated carbocycles. The fraction of sp³-hybridized carbons (Fsp3) is 0.417. The van der Waals surface area contributed by atoms with Crippen LogP contribution < -0.4 is 20.3 Å². The number of hydrogen-bond donors (Lipinski definition) is 3. The number of hydrogen-bond acceptors (Lipinski definition) is 4. The SMILES string of the molecule is CCNC(=NCCCc1nc2ccccc2[nH]1)NC1CCN(c2ccccc2OC)C1. The molecule has 0 bridgehead atoms. The van der Waals surface area contributed by atoms with E-state index in [4.69, 9.17) is 9.73 Å². The van der Waals surface area contributed by atoms with Crippen molar-refractivity contribution in [2.75, 3.05) is 38.2 Å². The van der Waals surface area contributed by atoms with Gasteiger partial charge in [-0.2, -0.15) is 0 Å². The molecular formula is C24H32N6O. The van der Waals surface area contributed by atoms with Crippen LogP contribution in [0.5, 0.6) is 5.75 Å². The normalized spacial score (nSPS) is 16.6. The van der Waals surface area contributed by atoms with Gasteiger partial charge in [0.25, 0.3) is 0 Å². The number of methoxy groups -OCH3 is 1. The highest BCUT2D eigenvalue weighted by Crippen LogP contribution is 2.30. The maximum absolute atomic E-state index is 5.53. The monoisotopic (exact) mass is 420 g/mol. The zero-order chi connectivity index (χ0) is 21.5. The molecule has 1 atom stereocenters. The molecule has 0 amide bonds. The standard InChI is InChI=1S/C24H32N6O/c1-3-25-24(26-15-8-13-23-28-19-9-4-5-10-20(19)29-23)27-18-14-16-30(17-18)21-11-6-7-12-22(21)31-2/h4-7,9-12,18H,3,8,13-17H2,1-2H3,(H,28,29)(H2,25,26,27). The lowest BCUT2D eigenvalue weighted by Gasteiger charge is -2.22. The van der Waals surface area contributed by atoms with Crippen LogP contribution in [-0.2, 0) is 6.42 Å². The molecule has 7 heteroatoms. The molecule has 1 saturated heterocycles. The van der Waals surface area contributed by atoms with Crippen LogP contribution in [0.4, 0.5) is 5.69 Å². The number of benzene rings is 2. The van der Waals surface area contributed by atoms with E-state index in [0.29, 0.717) is 6.04 Å². The van der Waals surface area contributed by atoms with Crippen molar-refractivity contribution in [3.05, 3.63) is 54.4 Å². The van der Waals surface area contributed by atoms with Gasteiger partial charge in [0.05, 0.1) is 23.8 Å². The van der Waals surface area contributed by atoms with Crippen molar-refractivity contribution in [2.24, 2.45) is 4.99 Å². The number of imidazole rings is 1. The second-order valence-electron chi connectivity index (χ2n) is 7.81. The van der Waals surface area contributed by atoms with Gasteiger partial charge in [0, 0.05) is 38.6 Å². The number of H-pyrrole nitrogens is 1. The van der Waals surface area contributed by atoms with Gasteiger partial charge < -0.3 is 25.3 Å². The van der Waals surface area contributed by atoms with Crippen molar-refractivity contribution in [2.45, 2.75) is 32.2 Å². The first kappa shape index (κ1) is 21.0. The highest BCUT2D eigenvalue weighted by atomic mass is 16.5. The van der Waals surface area contributed by atoms with Crippen molar-refractivity contribution in [3.63, 3.8) is 0 Å². The topological polar surface area (TPSA) is 77.6 Å². The summed E-state index contributed by atoms with van der Waals surface area (Å²) in [5.74, 6) is 2.84. The number of nitrogens with zero attached hydrogens (tertiary/aromatic N) is 3. The van der Waals surface area contributed by atoms with Crippen LogP contribution in [0.3, 0.4) is 0 Å². The molecule has 3 aromatic rings. The number of anilines is 1. The van der Waals surface area contributed by atoms with Crippen molar-refractivity contribution in [1.29, 1.82) is 0 Å². The Labute approximate surface area is 183 Å². The summed E-state index contributed by atoms with van der Waals surface area (Å²) in [5, 5.41) is 6.99. The van der Waals surface area contributed by atoms with Gasteiger partial charge in [0.2, 0.25) is 0 Å². The average molecular weight is 421 g/mol. The molecule has 164 valence electrons.